The van der Waals surface area contributed by atoms with Crippen molar-refractivity contribution >= 4 is 34.1 Å². The molecule has 2 aromatic rings. The number of hydrogen-bond donors (Lipinski definition) is 0. The molecule has 0 spiro atoms. The molecule has 0 saturated carbocycles. The summed E-state index contributed by atoms with van der Waals surface area (Å²) in [7, 11) is 0. The Balaban J connectivity index is 2.81. The van der Waals surface area contributed by atoms with Crippen LogP contribution in [0.4, 0.5) is 0 Å². The van der Waals surface area contributed by atoms with Crippen LogP contribution in [0, 0.1) is 6.92 Å². The molecule has 0 radical (unpaired) electrons. The van der Waals surface area contributed by atoms with Gasteiger partial charge in [-0.05, 0) is 42.7 Å². The predicted molar refractivity (Wildman–Crippen MR) is 65.9 cm³/mol. The summed E-state index contributed by atoms with van der Waals surface area (Å²) in [5.41, 5.74) is 2.98. The Hall–Kier alpha value is -0.790. The standard InChI is InChI=1S/C12H11Cl2N/c1-3-8-6-9-4-7(2)5-10(13)11(9)15-12(8)14/h4-6H,3H2,1-2H3. The molecule has 0 bridgehead atoms. The lowest BCUT2D eigenvalue weighted by molar-refractivity contribution is 1.12. The van der Waals surface area contributed by atoms with Crippen LogP contribution in [0.15, 0.2) is 18.2 Å². The van der Waals surface area contributed by atoms with E-state index in [9.17, 15) is 0 Å². The summed E-state index contributed by atoms with van der Waals surface area (Å²) in [5, 5.41) is 2.27. The van der Waals surface area contributed by atoms with Gasteiger partial charge in [0.15, 0.2) is 0 Å². The van der Waals surface area contributed by atoms with Crippen molar-refractivity contribution in [3.05, 3.63) is 39.5 Å². The molecule has 0 aliphatic carbocycles. The van der Waals surface area contributed by atoms with E-state index in [2.05, 4.69) is 24.0 Å². The summed E-state index contributed by atoms with van der Waals surface area (Å²) in [6.07, 6.45) is 0.882. The van der Waals surface area contributed by atoms with E-state index in [1.807, 2.05) is 13.0 Å². The largest absolute Gasteiger partial charge is 0.234 e. The van der Waals surface area contributed by atoms with Crippen molar-refractivity contribution in [2.45, 2.75) is 20.3 Å². The quantitative estimate of drug-likeness (QED) is 0.672. The minimum absolute atomic E-state index is 0.552. The van der Waals surface area contributed by atoms with Crippen molar-refractivity contribution in [1.82, 2.24) is 4.98 Å². The molecule has 3 heteroatoms. The van der Waals surface area contributed by atoms with Crippen LogP contribution < -0.4 is 0 Å². The molecule has 0 N–H and O–H groups in total. The molecule has 0 aliphatic rings. The van der Waals surface area contributed by atoms with Gasteiger partial charge in [-0.15, -0.1) is 0 Å². The summed E-state index contributed by atoms with van der Waals surface area (Å²) in [6.45, 7) is 4.08. The van der Waals surface area contributed by atoms with Crippen LogP contribution in [0.1, 0.15) is 18.1 Å². The minimum Gasteiger partial charge on any atom is -0.234 e. The fourth-order valence-corrected chi connectivity index (χ4v) is 2.25. The molecule has 0 saturated heterocycles. The highest BCUT2D eigenvalue weighted by Crippen LogP contribution is 2.27. The first kappa shape index (κ1) is 10.7. The normalized spacial score (nSPS) is 10.9. The highest BCUT2D eigenvalue weighted by molar-refractivity contribution is 6.36. The average Bonchev–Trinajstić information content (AvgIpc) is 2.18. The summed E-state index contributed by atoms with van der Waals surface area (Å²) in [4.78, 5) is 4.32. The first-order valence-corrected chi connectivity index (χ1v) is 5.62. The molecule has 1 aromatic carbocycles. The Bertz CT molecular complexity index is 521. The SMILES string of the molecule is CCc1cc2cc(C)cc(Cl)c2nc1Cl. The van der Waals surface area contributed by atoms with Gasteiger partial charge in [-0.1, -0.05) is 30.1 Å². The maximum atomic E-state index is 6.11. The summed E-state index contributed by atoms with van der Waals surface area (Å²) in [5.74, 6) is 0. The zero-order valence-corrected chi connectivity index (χ0v) is 10.2. The fourth-order valence-electron chi connectivity index (χ4n) is 1.65. The van der Waals surface area contributed by atoms with Gasteiger partial charge in [0.05, 0.1) is 10.5 Å². The van der Waals surface area contributed by atoms with Gasteiger partial charge in [0.1, 0.15) is 5.15 Å². The van der Waals surface area contributed by atoms with E-state index in [1.54, 1.807) is 0 Å². The van der Waals surface area contributed by atoms with Crippen molar-refractivity contribution in [2.75, 3.05) is 0 Å². The molecular formula is C12H11Cl2N. The van der Waals surface area contributed by atoms with Crippen LogP contribution in [0.3, 0.4) is 0 Å². The van der Waals surface area contributed by atoms with Crippen molar-refractivity contribution < 1.29 is 0 Å². The van der Waals surface area contributed by atoms with Gasteiger partial charge in [-0.3, -0.25) is 0 Å². The number of halogens is 2. The molecule has 1 aromatic heterocycles. The summed E-state index contributed by atoms with van der Waals surface area (Å²) >= 11 is 12.2. The molecule has 78 valence electrons. The van der Waals surface area contributed by atoms with Crippen LogP contribution >= 0.6 is 23.2 Å². The first-order valence-electron chi connectivity index (χ1n) is 4.87. The van der Waals surface area contributed by atoms with Gasteiger partial charge in [-0.2, -0.15) is 0 Å². The second-order valence-electron chi connectivity index (χ2n) is 3.61. The highest BCUT2D eigenvalue weighted by atomic mass is 35.5. The Labute approximate surface area is 99.0 Å². The second kappa shape index (κ2) is 3.99. The van der Waals surface area contributed by atoms with Crippen LogP contribution in [-0.2, 0) is 6.42 Å². The maximum Gasteiger partial charge on any atom is 0.133 e. The summed E-state index contributed by atoms with van der Waals surface area (Å²) in [6, 6.07) is 6.03. The third-order valence-electron chi connectivity index (χ3n) is 2.42. The fraction of sp³-hybridized carbons (Fsp3) is 0.250. The number of pyridine rings is 1. The van der Waals surface area contributed by atoms with E-state index in [-0.39, 0.29) is 0 Å². The van der Waals surface area contributed by atoms with E-state index in [0.29, 0.717) is 10.2 Å². The number of nitrogens with zero attached hydrogens (tertiary/aromatic N) is 1. The maximum absolute atomic E-state index is 6.11. The third kappa shape index (κ3) is 1.95. The van der Waals surface area contributed by atoms with Crippen LogP contribution in [-0.4, -0.2) is 4.98 Å². The Kier molecular flexibility index (Phi) is 2.85. The molecule has 1 heterocycles. The van der Waals surface area contributed by atoms with Crippen LogP contribution in [0.2, 0.25) is 10.2 Å². The van der Waals surface area contributed by atoms with Crippen molar-refractivity contribution in [3.63, 3.8) is 0 Å². The zero-order valence-electron chi connectivity index (χ0n) is 8.64. The molecular weight excluding hydrogens is 229 g/mol. The lowest BCUT2D eigenvalue weighted by atomic mass is 10.1. The van der Waals surface area contributed by atoms with Crippen LogP contribution in [0.5, 0.6) is 0 Å². The van der Waals surface area contributed by atoms with E-state index >= 15 is 0 Å². The Morgan fingerprint density at radius 1 is 1.20 bits per heavy atom. The predicted octanol–water partition coefficient (Wildman–Crippen LogP) is 4.41. The average molecular weight is 240 g/mol. The van der Waals surface area contributed by atoms with Gasteiger partial charge in [0, 0.05) is 5.39 Å². The molecule has 1 nitrogen and oxygen atoms in total. The topological polar surface area (TPSA) is 12.9 Å². The Morgan fingerprint density at radius 3 is 2.60 bits per heavy atom. The van der Waals surface area contributed by atoms with Gasteiger partial charge >= 0.3 is 0 Å². The molecule has 2 rings (SSSR count). The Morgan fingerprint density at radius 2 is 1.93 bits per heavy atom. The number of aromatic nitrogens is 1. The molecule has 0 unspecified atom stereocenters. The summed E-state index contributed by atoms with van der Waals surface area (Å²) < 4.78 is 0. The van der Waals surface area contributed by atoms with E-state index in [0.717, 1.165) is 28.5 Å². The second-order valence-corrected chi connectivity index (χ2v) is 4.38. The van der Waals surface area contributed by atoms with Gasteiger partial charge in [0.25, 0.3) is 0 Å². The van der Waals surface area contributed by atoms with Crippen LogP contribution in [0.25, 0.3) is 10.9 Å². The zero-order chi connectivity index (χ0) is 11.0. The van der Waals surface area contributed by atoms with Crippen molar-refractivity contribution in [3.8, 4) is 0 Å². The highest BCUT2D eigenvalue weighted by Gasteiger charge is 2.06. The molecule has 0 amide bonds. The van der Waals surface area contributed by atoms with Crippen molar-refractivity contribution in [2.24, 2.45) is 0 Å². The number of aryl methyl sites for hydroxylation is 2. The molecule has 15 heavy (non-hydrogen) atoms. The smallest absolute Gasteiger partial charge is 0.133 e. The third-order valence-corrected chi connectivity index (χ3v) is 3.04. The van der Waals surface area contributed by atoms with E-state index in [4.69, 9.17) is 23.2 Å². The molecule has 0 aliphatic heterocycles. The minimum atomic E-state index is 0.552. The van der Waals surface area contributed by atoms with Gasteiger partial charge in [0.2, 0.25) is 0 Å². The molecule has 0 atom stereocenters. The molecule has 0 fully saturated rings. The van der Waals surface area contributed by atoms with E-state index < -0.39 is 0 Å². The van der Waals surface area contributed by atoms with E-state index in [1.165, 1.54) is 0 Å². The monoisotopic (exact) mass is 239 g/mol. The lowest BCUT2D eigenvalue weighted by Gasteiger charge is -2.06. The lowest BCUT2D eigenvalue weighted by Crippen LogP contribution is -1.89. The number of rotatable bonds is 1. The van der Waals surface area contributed by atoms with Gasteiger partial charge in [-0.25, -0.2) is 4.98 Å². The van der Waals surface area contributed by atoms with Gasteiger partial charge < -0.3 is 0 Å². The number of hydrogen-bond acceptors (Lipinski definition) is 1. The van der Waals surface area contributed by atoms with Crippen molar-refractivity contribution in [1.29, 1.82) is 0 Å². The first-order chi connectivity index (χ1) is 7.11. The number of benzene rings is 1. The number of fused-ring (bicyclic) bond motifs is 1.